The average molecular weight is 251 g/mol. The molecule has 0 atom stereocenters. The maximum Gasteiger partial charge on any atom is 0.153 e. The summed E-state index contributed by atoms with van der Waals surface area (Å²) in [5.41, 5.74) is 3.14. The minimum Gasteiger partial charge on any atom is -0.488 e. The Morgan fingerprint density at radius 1 is 1.21 bits per heavy atom. The van der Waals surface area contributed by atoms with E-state index < -0.39 is 0 Å². The minimum absolute atomic E-state index is 0.371. The lowest BCUT2D eigenvalue weighted by molar-refractivity contribution is 0.111. The lowest BCUT2D eigenvalue weighted by Gasteiger charge is -2.09. The number of ether oxygens (including phenoxy) is 1. The second-order valence-corrected chi connectivity index (χ2v) is 4.26. The van der Waals surface area contributed by atoms with Gasteiger partial charge in [-0.1, -0.05) is 23.8 Å². The highest BCUT2D eigenvalue weighted by atomic mass is 16.5. The van der Waals surface area contributed by atoms with Gasteiger partial charge < -0.3 is 4.74 Å². The lowest BCUT2D eigenvalue weighted by atomic mass is 10.1. The third-order valence-electron chi connectivity index (χ3n) is 2.77. The van der Waals surface area contributed by atoms with Gasteiger partial charge in [0.05, 0.1) is 17.2 Å². The maximum atomic E-state index is 11.0. The molecule has 0 bridgehead atoms. The van der Waals surface area contributed by atoms with E-state index in [2.05, 4.69) is 6.07 Å². The van der Waals surface area contributed by atoms with Crippen LogP contribution in [0.1, 0.15) is 27.0 Å². The van der Waals surface area contributed by atoms with Gasteiger partial charge in [-0.05, 0) is 36.8 Å². The molecule has 0 spiro atoms. The number of carbonyl (C=O) groups is 1. The number of carbonyl (C=O) groups excluding carboxylic acids is 1. The third kappa shape index (κ3) is 3.20. The van der Waals surface area contributed by atoms with Crippen LogP contribution in [0.5, 0.6) is 5.75 Å². The second kappa shape index (κ2) is 5.83. The summed E-state index contributed by atoms with van der Waals surface area (Å²) in [6, 6.07) is 14.7. The summed E-state index contributed by atoms with van der Waals surface area (Å²) >= 11 is 0. The van der Waals surface area contributed by atoms with Crippen LogP contribution in [0.15, 0.2) is 42.5 Å². The van der Waals surface area contributed by atoms with Crippen LogP contribution >= 0.6 is 0 Å². The molecule has 2 aromatic carbocycles. The summed E-state index contributed by atoms with van der Waals surface area (Å²) in [7, 11) is 0. The van der Waals surface area contributed by atoms with Gasteiger partial charge in [-0.3, -0.25) is 4.79 Å². The zero-order chi connectivity index (χ0) is 13.7. The number of hydrogen-bond donors (Lipinski definition) is 0. The first-order valence-corrected chi connectivity index (χ1v) is 5.90. The van der Waals surface area contributed by atoms with Crippen molar-refractivity contribution in [3.63, 3.8) is 0 Å². The van der Waals surface area contributed by atoms with Gasteiger partial charge in [0.25, 0.3) is 0 Å². The molecule has 2 aromatic rings. The molecular formula is C16H13NO2. The van der Waals surface area contributed by atoms with E-state index in [1.165, 1.54) is 0 Å². The van der Waals surface area contributed by atoms with Crippen molar-refractivity contribution in [1.82, 2.24) is 0 Å². The number of hydrogen-bond acceptors (Lipinski definition) is 3. The van der Waals surface area contributed by atoms with Gasteiger partial charge in [0.1, 0.15) is 12.4 Å². The summed E-state index contributed by atoms with van der Waals surface area (Å²) in [5.74, 6) is 0.574. The third-order valence-corrected chi connectivity index (χ3v) is 2.77. The minimum atomic E-state index is 0.371. The number of nitriles is 1. The summed E-state index contributed by atoms with van der Waals surface area (Å²) in [5, 5.41) is 8.71. The van der Waals surface area contributed by atoms with Gasteiger partial charge in [0.15, 0.2) is 6.29 Å². The van der Waals surface area contributed by atoms with E-state index in [0.29, 0.717) is 23.5 Å². The molecule has 0 unspecified atom stereocenters. The zero-order valence-electron chi connectivity index (χ0n) is 10.6. The van der Waals surface area contributed by atoms with E-state index in [1.54, 1.807) is 24.3 Å². The molecule has 0 aliphatic carbocycles. The fraction of sp³-hybridized carbons (Fsp3) is 0.125. The van der Waals surface area contributed by atoms with E-state index in [-0.39, 0.29) is 0 Å². The Kier molecular flexibility index (Phi) is 3.94. The van der Waals surface area contributed by atoms with Gasteiger partial charge in [-0.15, -0.1) is 0 Å². The first-order chi connectivity index (χ1) is 9.22. The van der Waals surface area contributed by atoms with Gasteiger partial charge in [0, 0.05) is 0 Å². The fourth-order valence-corrected chi connectivity index (χ4v) is 1.73. The van der Waals surface area contributed by atoms with Crippen LogP contribution in [-0.4, -0.2) is 6.29 Å². The Bertz CT molecular complexity index is 624. The highest BCUT2D eigenvalue weighted by molar-refractivity contribution is 5.79. The van der Waals surface area contributed by atoms with E-state index in [9.17, 15) is 4.79 Å². The van der Waals surface area contributed by atoms with Crippen LogP contribution in [0.4, 0.5) is 0 Å². The number of nitrogens with zero attached hydrogens (tertiary/aromatic N) is 1. The monoisotopic (exact) mass is 251 g/mol. The van der Waals surface area contributed by atoms with E-state index in [1.807, 2.05) is 25.1 Å². The van der Waals surface area contributed by atoms with Crippen molar-refractivity contribution in [1.29, 1.82) is 5.26 Å². The largest absolute Gasteiger partial charge is 0.488 e. The van der Waals surface area contributed by atoms with Gasteiger partial charge in [0.2, 0.25) is 0 Å². The molecule has 0 aromatic heterocycles. The second-order valence-electron chi connectivity index (χ2n) is 4.26. The number of aryl methyl sites for hydroxylation is 1. The molecule has 0 heterocycles. The summed E-state index contributed by atoms with van der Waals surface area (Å²) in [6.45, 7) is 2.30. The summed E-state index contributed by atoms with van der Waals surface area (Å²) in [4.78, 5) is 11.0. The molecule has 0 saturated carbocycles. The first-order valence-electron chi connectivity index (χ1n) is 5.90. The van der Waals surface area contributed by atoms with E-state index in [4.69, 9.17) is 10.00 Å². The van der Waals surface area contributed by atoms with Crippen LogP contribution in [-0.2, 0) is 6.61 Å². The van der Waals surface area contributed by atoms with Crippen molar-refractivity contribution in [2.75, 3.05) is 0 Å². The molecule has 0 radical (unpaired) electrons. The molecule has 0 aliphatic heterocycles. The Hall–Kier alpha value is -2.60. The highest BCUT2D eigenvalue weighted by Gasteiger charge is 2.03. The molecule has 0 aliphatic rings. The van der Waals surface area contributed by atoms with Crippen LogP contribution in [0.25, 0.3) is 0 Å². The lowest BCUT2D eigenvalue weighted by Crippen LogP contribution is -1.98. The molecule has 19 heavy (non-hydrogen) atoms. The van der Waals surface area contributed by atoms with Gasteiger partial charge in [-0.25, -0.2) is 0 Å². The van der Waals surface area contributed by atoms with Crippen molar-refractivity contribution < 1.29 is 9.53 Å². The Morgan fingerprint density at radius 2 is 1.95 bits per heavy atom. The zero-order valence-corrected chi connectivity index (χ0v) is 10.6. The van der Waals surface area contributed by atoms with Crippen molar-refractivity contribution in [2.45, 2.75) is 13.5 Å². The Labute approximate surface area is 112 Å². The van der Waals surface area contributed by atoms with Crippen LogP contribution in [0.3, 0.4) is 0 Å². The molecule has 0 fully saturated rings. The van der Waals surface area contributed by atoms with Crippen LogP contribution < -0.4 is 4.74 Å². The number of aldehydes is 1. The summed E-state index contributed by atoms with van der Waals surface area (Å²) in [6.07, 6.45) is 0.793. The topological polar surface area (TPSA) is 50.1 Å². The predicted octanol–water partition coefficient (Wildman–Crippen LogP) is 3.26. The molecule has 0 N–H and O–H groups in total. The van der Waals surface area contributed by atoms with Crippen LogP contribution in [0.2, 0.25) is 0 Å². The average Bonchev–Trinajstić information content (AvgIpc) is 2.46. The van der Waals surface area contributed by atoms with Crippen molar-refractivity contribution >= 4 is 6.29 Å². The Morgan fingerprint density at radius 3 is 2.58 bits per heavy atom. The Balaban J connectivity index is 2.10. The predicted molar refractivity (Wildman–Crippen MR) is 72.1 cm³/mol. The molecule has 3 nitrogen and oxygen atoms in total. The molecular weight excluding hydrogens is 238 g/mol. The van der Waals surface area contributed by atoms with Crippen molar-refractivity contribution in [3.05, 3.63) is 64.7 Å². The number of rotatable bonds is 4. The fourth-order valence-electron chi connectivity index (χ4n) is 1.73. The highest BCUT2D eigenvalue weighted by Crippen LogP contribution is 2.19. The van der Waals surface area contributed by atoms with E-state index >= 15 is 0 Å². The molecule has 2 rings (SSSR count). The molecule has 3 heteroatoms. The first kappa shape index (κ1) is 12.8. The smallest absolute Gasteiger partial charge is 0.153 e. The van der Waals surface area contributed by atoms with E-state index in [0.717, 1.165) is 17.4 Å². The maximum absolute atomic E-state index is 11.0. The quantitative estimate of drug-likeness (QED) is 0.784. The normalized spacial score (nSPS) is 9.68. The van der Waals surface area contributed by atoms with Gasteiger partial charge in [-0.2, -0.15) is 5.26 Å². The van der Waals surface area contributed by atoms with Crippen molar-refractivity contribution in [3.8, 4) is 11.8 Å². The van der Waals surface area contributed by atoms with Gasteiger partial charge >= 0.3 is 0 Å². The van der Waals surface area contributed by atoms with Crippen molar-refractivity contribution in [2.24, 2.45) is 0 Å². The summed E-state index contributed by atoms with van der Waals surface area (Å²) < 4.78 is 5.63. The molecule has 0 amide bonds. The SMILES string of the molecule is Cc1ccc(OCc2ccc(C#N)cc2)c(C=O)c1. The molecule has 94 valence electrons. The van der Waals surface area contributed by atoms with Crippen LogP contribution in [0, 0.1) is 18.3 Å². The molecule has 0 saturated heterocycles. The number of benzene rings is 2. The standard InChI is InChI=1S/C16H13NO2/c1-12-2-7-16(15(8-12)10-18)19-11-14-5-3-13(9-17)4-6-14/h2-8,10H,11H2,1H3.